The lowest BCUT2D eigenvalue weighted by atomic mass is 9.99. The van der Waals surface area contributed by atoms with Gasteiger partial charge in [-0.1, -0.05) is 6.08 Å². The van der Waals surface area contributed by atoms with Gasteiger partial charge in [-0.15, -0.1) is 0 Å². The van der Waals surface area contributed by atoms with Gasteiger partial charge in [0.05, 0.1) is 5.71 Å². The Bertz CT molecular complexity index is 223. The number of fused-ring (bicyclic) bond motifs is 1. The highest BCUT2D eigenvalue weighted by molar-refractivity contribution is 6.09. The molecule has 0 fully saturated rings. The minimum atomic E-state index is 0.614. The summed E-state index contributed by atoms with van der Waals surface area (Å²) in [6, 6.07) is 0. The summed E-state index contributed by atoms with van der Waals surface area (Å²) in [4.78, 5) is 4.25. The van der Waals surface area contributed by atoms with Gasteiger partial charge in [0, 0.05) is 6.20 Å². The van der Waals surface area contributed by atoms with Crippen LogP contribution >= 0.6 is 0 Å². The number of hydrogen-bond acceptors (Lipinski definition) is 1. The second-order valence-electron chi connectivity index (χ2n) is 2.46. The van der Waals surface area contributed by atoms with Crippen molar-refractivity contribution in [3.8, 4) is 0 Å². The summed E-state index contributed by atoms with van der Waals surface area (Å²) in [6.45, 7) is 0.614. The van der Waals surface area contributed by atoms with Gasteiger partial charge in [0.25, 0.3) is 0 Å². The Morgan fingerprint density at radius 2 is 2.40 bits per heavy atom. The van der Waals surface area contributed by atoms with Gasteiger partial charge >= 0.3 is 0 Å². The molecule has 0 saturated carbocycles. The van der Waals surface area contributed by atoms with Crippen molar-refractivity contribution >= 4 is 5.71 Å². The maximum Gasteiger partial charge on any atom is 0.130 e. The maximum absolute atomic E-state index is 4.25. The molecule has 2 rings (SSSR count). The lowest BCUT2D eigenvalue weighted by Gasteiger charge is -2.14. The fraction of sp³-hybridized carbons (Fsp3) is 0.375. The molecule has 0 aromatic carbocycles. The molecule has 0 aromatic rings. The number of rotatable bonds is 0. The third kappa shape index (κ3) is 0.856. The summed E-state index contributed by atoms with van der Waals surface area (Å²) < 4.78 is 0. The fourth-order valence-corrected chi connectivity index (χ4v) is 1.22. The molecule has 2 nitrogen and oxygen atoms in total. The third-order valence-corrected chi connectivity index (χ3v) is 1.75. The van der Waals surface area contributed by atoms with Crippen molar-refractivity contribution in [3.63, 3.8) is 0 Å². The van der Waals surface area contributed by atoms with Crippen molar-refractivity contribution in [3.05, 3.63) is 23.9 Å². The van der Waals surface area contributed by atoms with E-state index in [4.69, 9.17) is 0 Å². The summed E-state index contributed by atoms with van der Waals surface area (Å²) in [7, 11) is 0. The normalized spacial score (nSPS) is 22.4. The second kappa shape index (κ2) is 2.29. The number of hydrogen-bond donors (Lipinski definition) is 0. The SMILES string of the molecule is C1=CC2=NC[N]C=C2CC1. The summed E-state index contributed by atoms with van der Waals surface area (Å²) in [5.41, 5.74) is 2.44. The van der Waals surface area contributed by atoms with Gasteiger partial charge in [0.15, 0.2) is 0 Å². The van der Waals surface area contributed by atoms with Crippen LogP contribution in [-0.4, -0.2) is 12.4 Å². The second-order valence-corrected chi connectivity index (χ2v) is 2.46. The van der Waals surface area contributed by atoms with E-state index in [1.54, 1.807) is 0 Å². The molecule has 1 heterocycles. The molecule has 51 valence electrons. The van der Waals surface area contributed by atoms with Crippen LogP contribution in [0.1, 0.15) is 12.8 Å². The Balaban J connectivity index is 2.33. The quantitative estimate of drug-likeness (QED) is 0.475. The molecular weight excluding hydrogens is 124 g/mol. The first-order chi connectivity index (χ1) is 4.97. The van der Waals surface area contributed by atoms with Gasteiger partial charge in [-0.3, -0.25) is 10.3 Å². The average Bonchev–Trinajstić information content (AvgIpc) is 2.05. The van der Waals surface area contributed by atoms with Crippen LogP contribution in [0.15, 0.2) is 28.9 Å². The first kappa shape index (κ1) is 5.71. The van der Waals surface area contributed by atoms with Crippen LogP contribution in [0.25, 0.3) is 0 Å². The molecule has 1 radical (unpaired) electrons. The molecule has 1 aliphatic heterocycles. The molecule has 0 atom stereocenters. The molecule has 0 spiro atoms. The summed E-state index contributed by atoms with van der Waals surface area (Å²) in [5, 5.41) is 4.08. The molecule has 0 amide bonds. The van der Waals surface area contributed by atoms with Gasteiger partial charge in [-0.05, 0) is 24.5 Å². The number of allylic oxidation sites excluding steroid dienone is 3. The zero-order valence-electron chi connectivity index (χ0n) is 5.75. The molecule has 1 aliphatic carbocycles. The minimum absolute atomic E-state index is 0.614. The predicted molar refractivity (Wildman–Crippen MR) is 40.9 cm³/mol. The van der Waals surface area contributed by atoms with E-state index < -0.39 is 0 Å². The zero-order valence-corrected chi connectivity index (χ0v) is 5.75. The highest BCUT2D eigenvalue weighted by Crippen LogP contribution is 2.16. The third-order valence-electron chi connectivity index (χ3n) is 1.75. The average molecular weight is 133 g/mol. The molecule has 0 bridgehead atoms. The highest BCUT2D eigenvalue weighted by atomic mass is 15.0. The van der Waals surface area contributed by atoms with E-state index in [1.165, 1.54) is 5.57 Å². The first-order valence-electron chi connectivity index (χ1n) is 3.54. The highest BCUT2D eigenvalue weighted by Gasteiger charge is 2.10. The maximum atomic E-state index is 4.25. The van der Waals surface area contributed by atoms with Gasteiger partial charge in [-0.25, -0.2) is 0 Å². The Kier molecular flexibility index (Phi) is 1.31. The summed E-state index contributed by atoms with van der Waals surface area (Å²) in [6.07, 6.45) is 8.45. The molecule has 2 aliphatic rings. The Hall–Kier alpha value is -1.05. The minimum Gasteiger partial charge on any atom is -0.269 e. The van der Waals surface area contributed by atoms with Gasteiger partial charge in [-0.2, -0.15) is 0 Å². The Labute approximate surface area is 60.3 Å². The molecule has 0 unspecified atom stereocenters. The molecule has 0 N–H and O–H groups in total. The Morgan fingerprint density at radius 3 is 3.30 bits per heavy atom. The van der Waals surface area contributed by atoms with Crippen LogP contribution in [0.2, 0.25) is 0 Å². The lowest BCUT2D eigenvalue weighted by molar-refractivity contribution is 0.825. The largest absolute Gasteiger partial charge is 0.269 e. The van der Waals surface area contributed by atoms with E-state index in [1.807, 2.05) is 6.20 Å². The Morgan fingerprint density at radius 1 is 1.40 bits per heavy atom. The van der Waals surface area contributed by atoms with Crippen molar-refractivity contribution in [1.29, 1.82) is 0 Å². The van der Waals surface area contributed by atoms with Crippen LogP contribution in [0, 0.1) is 0 Å². The van der Waals surface area contributed by atoms with Crippen LogP contribution in [0.5, 0.6) is 0 Å². The molecule has 10 heavy (non-hydrogen) atoms. The van der Waals surface area contributed by atoms with E-state index in [2.05, 4.69) is 22.5 Å². The van der Waals surface area contributed by atoms with Gasteiger partial charge in [0.1, 0.15) is 6.67 Å². The monoisotopic (exact) mass is 133 g/mol. The van der Waals surface area contributed by atoms with E-state index >= 15 is 0 Å². The fourth-order valence-electron chi connectivity index (χ4n) is 1.22. The van der Waals surface area contributed by atoms with Crippen LogP contribution in [-0.2, 0) is 0 Å². The molecule has 0 saturated heterocycles. The first-order valence-corrected chi connectivity index (χ1v) is 3.54. The topological polar surface area (TPSA) is 26.5 Å². The van der Waals surface area contributed by atoms with E-state index in [0.29, 0.717) is 6.67 Å². The molecule has 2 heteroatoms. The van der Waals surface area contributed by atoms with Crippen molar-refractivity contribution in [1.82, 2.24) is 5.32 Å². The molecular formula is C8H9N2. The standard InChI is InChI=1S/C8H9N2/c1-2-4-8-7(3-1)5-9-6-10-8/h2,4-5H,1,3,6H2. The smallest absolute Gasteiger partial charge is 0.130 e. The van der Waals surface area contributed by atoms with Crippen molar-refractivity contribution in [2.45, 2.75) is 12.8 Å². The van der Waals surface area contributed by atoms with Crippen LogP contribution in [0.3, 0.4) is 0 Å². The number of nitrogens with zero attached hydrogens (tertiary/aromatic N) is 2. The number of aliphatic imine (C=N–C) groups is 1. The van der Waals surface area contributed by atoms with Crippen LogP contribution in [0.4, 0.5) is 0 Å². The van der Waals surface area contributed by atoms with Crippen molar-refractivity contribution in [2.24, 2.45) is 4.99 Å². The van der Waals surface area contributed by atoms with Crippen molar-refractivity contribution in [2.75, 3.05) is 6.67 Å². The van der Waals surface area contributed by atoms with Crippen LogP contribution < -0.4 is 5.32 Å². The van der Waals surface area contributed by atoms with Gasteiger partial charge in [0.2, 0.25) is 0 Å². The van der Waals surface area contributed by atoms with E-state index in [-0.39, 0.29) is 0 Å². The van der Waals surface area contributed by atoms with E-state index in [9.17, 15) is 0 Å². The summed E-state index contributed by atoms with van der Waals surface area (Å²) >= 11 is 0. The van der Waals surface area contributed by atoms with Crippen molar-refractivity contribution < 1.29 is 0 Å². The molecule has 0 aromatic heterocycles. The van der Waals surface area contributed by atoms with Gasteiger partial charge < -0.3 is 0 Å². The van der Waals surface area contributed by atoms with E-state index in [0.717, 1.165) is 18.6 Å². The zero-order chi connectivity index (χ0) is 6.81. The lowest BCUT2D eigenvalue weighted by Crippen LogP contribution is -2.14. The predicted octanol–water partition coefficient (Wildman–Crippen LogP) is 1.24. The summed E-state index contributed by atoms with van der Waals surface area (Å²) in [5.74, 6) is 0.